The Bertz CT molecular complexity index is 1350. The number of benzene rings is 3. The molecular formula is C24H20ClN3O6S. The van der Waals surface area contributed by atoms with Gasteiger partial charge in [-0.15, -0.1) is 11.3 Å². The van der Waals surface area contributed by atoms with Gasteiger partial charge in [0.05, 0.1) is 31.8 Å². The Morgan fingerprint density at radius 1 is 1.23 bits per heavy atom. The molecule has 9 nitrogen and oxygen atoms in total. The van der Waals surface area contributed by atoms with Gasteiger partial charge in [0.1, 0.15) is 12.4 Å². The lowest BCUT2D eigenvalue weighted by Crippen LogP contribution is -2.13. The van der Waals surface area contributed by atoms with Gasteiger partial charge in [-0.25, -0.2) is 9.78 Å². The first kappa shape index (κ1) is 24.2. The van der Waals surface area contributed by atoms with Crippen molar-refractivity contribution in [2.24, 2.45) is 0 Å². The highest BCUT2D eigenvalue weighted by molar-refractivity contribution is 7.18. The van der Waals surface area contributed by atoms with Crippen LogP contribution in [0.15, 0.2) is 54.6 Å². The lowest BCUT2D eigenvalue weighted by Gasteiger charge is -2.10. The summed E-state index contributed by atoms with van der Waals surface area (Å²) in [5, 5.41) is 24.7. The van der Waals surface area contributed by atoms with Crippen LogP contribution in [0.3, 0.4) is 0 Å². The smallest absolute Gasteiger partial charge is 0.411 e. The van der Waals surface area contributed by atoms with Gasteiger partial charge >= 0.3 is 11.8 Å². The zero-order chi connectivity index (χ0) is 24.9. The number of amides is 1. The van der Waals surface area contributed by atoms with Crippen LogP contribution in [0.4, 0.5) is 16.2 Å². The minimum atomic E-state index is -0.773. The van der Waals surface area contributed by atoms with Crippen LogP contribution in [0.25, 0.3) is 10.2 Å². The monoisotopic (exact) mass is 513 g/mol. The Balaban J connectivity index is 1.35. The van der Waals surface area contributed by atoms with Crippen LogP contribution in [-0.2, 0) is 17.8 Å². The number of ether oxygens (including phenoxy) is 2. The van der Waals surface area contributed by atoms with E-state index in [0.29, 0.717) is 23.2 Å². The van der Waals surface area contributed by atoms with Crippen LogP contribution in [0.5, 0.6) is 11.5 Å². The van der Waals surface area contributed by atoms with Crippen molar-refractivity contribution < 1.29 is 24.3 Å². The zero-order valence-corrected chi connectivity index (χ0v) is 20.1. The van der Waals surface area contributed by atoms with Crippen molar-refractivity contribution >= 4 is 50.6 Å². The lowest BCUT2D eigenvalue weighted by atomic mass is 10.2. The van der Waals surface area contributed by atoms with Crippen molar-refractivity contribution in [1.29, 1.82) is 0 Å². The largest absolute Gasteiger partial charge is 0.506 e. The second-order valence-electron chi connectivity index (χ2n) is 7.56. The summed E-state index contributed by atoms with van der Waals surface area (Å²) < 4.78 is 11.9. The van der Waals surface area contributed by atoms with E-state index < -0.39 is 11.0 Å². The summed E-state index contributed by atoms with van der Waals surface area (Å²) in [6.45, 7) is 1.68. The number of nitrogens with one attached hydrogen (secondary N) is 1. The van der Waals surface area contributed by atoms with E-state index in [1.807, 2.05) is 24.3 Å². The Morgan fingerprint density at radius 2 is 2.03 bits per heavy atom. The number of aromatic nitrogens is 1. The van der Waals surface area contributed by atoms with Crippen LogP contribution in [-0.4, -0.2) is 27.7 Å². The molecule has 0 aliphatic carbocycles. The Kier molecular flexibility index (Phi) is 7.33. The first-order valence-electron chi connectivity index (χ1n) is 10.5. The fourth-order valence-electron chi connectivity index (χ4n) is 3.30. The van der Waals surface area contributed by atoms with Crippen molar-refractivity contribution in [1.82, 2.24) is 4.98 Å². The average Bonchev–Trinajstić information content (AvgIpc) is 3.24. The van der Waals surface area contributed by atoms with Crippen molar-refractivity contribution in [3.05, 3.63) is 85.9 Å². The number of halogens is 1. The number of carbonyl (C=O) groups excluding carboxylic acids is 1. The standard InChI is InChI=1S/C24H20ClN3O6S/c1-14-10-16(12-17(25)23(14)29)26-24(30)34-13-15-6-7-20(19(11-15)28(31)32)33-9-8-22-27-18-4-2-3-5-21(18)35-22/h2-7,10-12,29H,8-9,13H2,1H3,(H,26,30). The van der Waals surface area contributed by atoms with Crippen LogP contribution < -0.4 is 10.1 Å². The molecule has 180 valence electrons. The number of rotatable bonds is 8. The number of nitro benzene ring substituents is 1. The van der Waals surface area contributed by atoms with Crippen LogP contribution in [0, 0.1) is 17.0 Å². The number of hydrogen-bond acceptors (Lipinski definition) is 8. The van der Waals surface area contributed by atoms with Crippen molar-refractivity contribution in [3.8, 4) is 11.5 Å². The minimum Gasteiger partial charge on any atom is -0.506 e. The molecule has 0 fully saturated rings. The molecule has 0 saturated heterocycles. The molecule has 11 heteroatoms. The molecule has 3 aromatic carbocycles. The summed E-state index contributed by atoms with van der Waals surface area (Å²) in [7, 11) is 0. The molecule has 2 N–H and O–H groups in total. The highest BCUT2D eigenvalue weighted by Crippen LogP contribution is 2.31. The van der Waals surface area contributed by atoms with Crippen LogP contribution >= 0.6 is 22.9 Å². The number of fused-ring (bicyclic) bond motifs is 1. The van der Waals surface area contributed by atoms with Gasteiger partial charge in [-0.05, 0) is 48.4 Å². The number of phenolic OH excluding ortho intramolecular Hbond substituents is 1. The Labute approximate surface area is 209 Å². The summed E-state index contributed by atoms with van der Waals surface area (Å²) in [5.41, 5.74) is 1.94. The molecule has 0 saturated carbocycles. The van der Waals surface area contributed by atoms with Gasteiger partial charge in [0, 0.05) is 18.2 Å². The number of nitro groups is 1. The maximum atomic E-state index is 12.1. The number of carbonyl (C=O) groups is 1. The van der Waals surface area contributed by atoms with E-state index in [0.717, 1.165) is 15.2 Å². The molecule has 35 heavy (non-hydrogen) atoms. The predicted octanol–water partition coefficient (Wildman–Crippen LogP) is 6.24. The first-order valence-corrected chi connectivity index (χ1v) is 11.7. The quantitative estimate of drug-likeness (QED) is 0.162. The molecule has 0 bridgehead atoms. The number of anilines is 1. The number of aryl methyl sites for hydroxylation is 1. The van der Waals surface area contributed by atoms with E-state index >= 15 is 0 Å². The van der Waals surface area contributed by atoms with E-state index in [4.69, 9.17) is 21.1 Å². The molecule has 1 heterocycles. The second-order valence-corrected chi connectivity index (χ2v) is 9.08. The summed E-state index contributed by atoms with van der Waals surface area (Å²) in [6.07, 6.45) is -0.257. The normalized spacial score (nSPS) is 10.8. The van der Waals surface area contributed by atoms with E-state index in [1.54, 1.807) is 24.3 Å². The number of aromatic hydroxyl groups is 1. The molecule has 0 spiro atoms. The average molecular weight is 514 g/mol. The molecule has 4 rings (SSSR count). The van der Waals surface area contributed by atoms with Gasteiger partial charge in [0.2, 0.25) is 0 Å². The van der Waals surface area contributed by atoms with Gasteiger partial charge < -0.3 is 14.6 Å². The third-order valence-electron chi connectivity index (χ3n) is 5.00. The zero-order valence-electron chi connectivity index (χ0n) is 18.5. The molecule has 0 atom stereocenters. The molecule has 0 unspecified atom stereocenters. The fraction of sp³-hybridized carbons (Fsp3) is 0.167. The summed E-state index contributed by atoms with van der Waals surface area (Å²) >= 11 is 7.46. The summed E-state index contributed by atoms with van der Waals surface area (Å²) in [6, 6.07) is 15.1. The van der Waals surface area contributed by atoms with Gasteiger partial charge in [-0.3, -0.25) is 15.4 Å². The predicted molar refractivity (Wildman–Crippen MR) is 134 cm³/mol. The number of nitrogens with zero attached hydrogens (tertiary/aromatic N) is 2. The lowest BCUT2D eigenvalue weighted by molar-refractivity contribution is -0.386. The van der Waals surface area contributed by atoms with E-state index in [9.17, 15) is 20.0 Å². The van der Waals surface area contributed by atoms with Gasteiger partial charge in [0.15, 0.2) is 5.75 Å². The first-order chi connectivity index (χ1) is 16.8. The van der Waals surface area contributed by atoms with E-state index in [2.05, 4.69) is 10.3 Å². The van der Waals surface area contributed by atoms with Crippen LogP contribution in [0.2, 0.25) is 5.02 Å². The molecule has 4 aromatic rings. The number of thiazole rings is 1. The maximum Gasteiger partial charge on any atom is 0.411 e. The van der Waals surface area contributed by atoms with Crippen LogP contribution in [0.1, 0.15) is 16.1 Å². The van der Waals surface area contributed by atoms with Gasteiger partial charge in [0.25, 0.3) is 0 Å². The molecule has 1 amide bonds. The number of para-hydroxylation sites is 1. The fourth-order valence-corrected chi connectivity index (χ4v) is 4.52. The maximum absolute atomic E-state index is 12.1. The highest BCUT2D eigenvalue weighted by Gasteiger charge is 2.17. The molecule has 0 radical (unpaired) electrons. The molecule has 0 aliphatic heterocycles. The topological polar surface area (TPSA) is 124 Å². The summed E-state index contributed by atoms with van der Waals surface area (Å²) in [5.74, 6) is 0.0544. The third-order valence-corrected chi connectivity index (χ3v) is 6.39. The van der Waals surface area contributed by atoms with E-state index in [-0.39, 0.29) is 35.4 Å². The van der Waals surface area contributed by atoms with Crippen molar-refractivity contribution in [2.75, 3.05) is 11.9 Å². The summed E-state index contributed by atoms with van der Waals surface area (Å²) in [4.78, 5) is 27.7. The highest BCUT2D eigenvalue weighted by atomic mass is 35.5. The van der Waals surface area contributed by atoms with Gasteiger partial charge in [-0.1, -0.05) is 29.8 Å². The third kappa shape index (κ3) is 5.97. The Morgan fingerprint density at radius 3 is 2.77 bits per heavy atom. The molecule has 1 aromatic heterocycles. The molecular weight excluding hydrogens is 494 g/mol. The minimum absolute atomic E-state index is 0.0692. The SMILES string of the molecule is Cc1cc(NC(=O)OCc2ccc(OCCc3nc4ccccc4s3)c([N+](=O)[O-])c2)cc(Cl)c1O. The number of phenols is 1. The van der Waals surface area contributed by atoms with Gasteiger partial charge in [-0.2, -0.15) is 0 Å². The number of hydrogen-bond donors (Lipinski definition) is 2. The van der Waals surface area contributed by atoms with E-state index in [1.165, 1.54) is 24.3 Å². The van der Waals surface area contributed by atoms with Crippen molar-refractivity contribution in [2.45, 2.75) is 20.0 Å². The molecule has 0 aliphatic rings. The second kappa shape index (κ2) is 10.6. The Hall–Kier alpha value is -3.89. The van der Waals surface area contributed by atoms with Crippen molar-refractivity contribution in [3.63, 3.8) is 0 Å².